The van der Waals surface area contributed by atoms with Crippen LogP contribution in [0.2, 0.25) is 5.02 Å². The number of carbonyl (C=O) groups is 1. The second-order valence-electron chi connectivity index (χ2n) is 6.72. The summed E-state index contributed by atoms with van der Waals surface area (Å²) in [5, 5.41) is 1.64. The number of methoxy groups -OCH3 is 1. The maximum absolute atomic E-state index is 13.5. The number of fused-ring (bicyclic) bond motifs is 3. The summed E-state index contributed by atoms with van der Waals surface area (Å²) in [5.74, 6) is 0.746. The lowest BCUT2D eigenvalue weighted by molar-refractivity contribution is 0.0989. The van der Waals surface area contributed by atoms with Gasteiger partial charge in [0.1, 0.15) is 5.75 Å². The molecular formula is C24H16ClNO2. The highest BCUT2D eigenvalue weighted by Gasteiger charge is 2.33. The van der Waals surface area contributed by atoms with Gasteiger partial charge in [-0.05, 0) is 47.5 Å². The largest absolute Gasteiger partial charge is 0.497 e. The first kappa shape index (κ1) is 16.8. The maximum atomic E-state index is 13.5. The first-order chi connectivity index (χ1) is 13.7. The van der Waals surface area contributed by atoms with Gasteiger partial charge in [-0.3, -0.25) is 9.36 Å². The van der Waals surface area contributed by atoms with Gasteiger partial charge in [0.05, 0.1) is 23.9 Å². The Morgan fingerprint density at radius 1 is 0.821 bits per heavy atom. The van der Waals surface area contributed by atoms with E-state index >= 15 is 0 Å². The van der Waals surface area contributed by atoms with Crippen molar-refractivity contribution in [3.63, 3.8) is 0 Å². The molecule has 0 saturated carbocycles. The highest BCUT2D eigenvalue weighted by atomic mass is 35.5. The normalized spacial score (nSPS) is 13.3. The van der Waals surface area contributed by atoms with Crippen molar-refractivity contribution in [2.45, 2.75) is 0 Å². The molecule has 136 valence electrons. The van der Waals surface area contributed by atoms with Gasteiger partial charge in [0.15, 0.2) is 0 Å². The van der Waals surface area contributed by atoms with E-state index in [1.807, 2.05) is 72.8 Å². The molecule has 3 nitrogen and oxygen atoms in total. The zero-order valence-electron chi connectivity index (χ0n) is 15.1. The Bertz CT molecular complexity index is 1250. The average Bonchev–Trinajstić information content (AvgIpc) is 3.23. The van der Waals surface area contributed by atoms with Gasteiger partial charge >= 0.3 is 0 Å². The third kappa shape index (κ3) is 2.48. The zero-order chi connectivity index (χ0) is 19.3. The van der Waals surface area contributed by atoms with Crippen molar-refractivity contribution in [2.24, 2.45) is 0 Å². The average molecular weight is 386 g/mol. The van der Waals surface area contributed by atoms with E-state index in [4.69, 9.17) is 16.3 Å². The maximum Gasteiger partial charge on any atom is 0.264 e. The summed E-state index contributed by atoms with van der Waals surface area (Å²) in [6.45, 7) is 0. The van der Waals surface area contributed by atoms with Crippen molar-refractivity contribution < 1.29 is 9.53 Å². The van der Waals surface area contributed by atoms with Crippen LogP contribution in [-0.2, 0) is 0 Å². The summed E-state index contributed by atoms with van der Waals surface area (Å²) < 4.78 is 7.14. The predicted molar refractivity (Wildman–Crippen MR) is 113 cm³/mol. The van der Waals surface area contributed by atoms with Crippen molar-refractivity contribution in [1.29, 1.82) is 0 Å². The van der Waals surface area contributed by atoms with E-state index in [0.717, 1.165) is 39.0 Å². The molecule has 0 spiro atoms. The van der Waals surface area contributed by atoms with E-state index in [0.29, 0.717) is 10.6 Å². The number of aromatic nitrogens is 1. The van der Waals surface area contributed by atoms with Crippen molar-refractivity contribution >= 4 is 39.6 Å². The highest BCUT2D eigenvalue weighted by molar-refractivity contribution is 6.35. The molecule has 2 heterocycles. The molecule has 0 fully saturated rings. The number of ether oxygens (including phenoxy) is 1. The van der Waals surface area contributed by atoms with E-state index < -0.39 is 0 Å². The fourth-order valence-corrected chi connectivity index (χ4v) is 3.98. The van der Waals surface area contributed by atoms with Crippen LogP contribution in [0, 0.1) is 0 Å². The third-order valence-corrected chi connectivity index (χ3v) is 5.38. The number of hydrogen-bond donors (Lipinski definition) is 0. The molecule has 0 unspecified atom stereocenters. The molecule has 0 atom stereocenters. The molecule has 0 aliphatic carbocycles. The van der Waals surface area contributed by atoms with Crippen LogP contribution in [0.1, 0.15) is 21.6 Å². The van der Waals surface area contributed by atoms with E-state index in [9.17, 15) is 4.79 Å². The van der Waals surface area contributed by atoms with Gasteiger partial charge in [0, 0.05) is 16.0 Å². The number of hydrogen-bond acceptors (Lipinski definition) is 2. The molecule has 28 heavy (non-hydrogen) atoms. The van der Waals surface area contributed by atoms with Gasteiger partial charge in [0.2, 0.25) is 0 Å². The molecule has 4 heteroatoms. The predicted octanol–water partition coefficient (Wildman–Crippen LogP) is 5.92. The summed E-state index contributed by atoms with van der Waals surface area (Å²) >= 11 is 6.10. The van der Waals surface area contributed by atoms with Crippen molar-refractivity contribution in [2.75, 3.05) is 7.11 Å². The Hall–Kier alpha value is -3.30. The summed E-state index contributed by atoms with van der Waals surface area (Å²) in [4.78, 5) is 13.5. The van der Waals surface area contributed by atoms with Crippen LogP contribution in [0.4, 0.5) is 0 Å². The Labute approximate surface area is 167 Å². The number of benzene rings is 3. The second-order valence-corrected chi connectivity index (χ2v) is 7.15. The fraction of sp³-hybridized carbons (Fsp3) is 0.0417. The van der Waals surface area contributed by atoms with Gasteiger partial charge in [-0.2, -0.15) is 0 Å². The van der Waals surface area contributed by atoms with Gasteiger partial charge in [0.25, 0.3) is 5.91 Å². The molecule has 3 aromatic carbocycles. The molecule has 0 bridgehead atoms. The van der Waals surface area contributed by atoms with Crippen LogP contribution in [-0.4, -0.2) is 17.6 Å². The Balaban J connectivity index is 1.83. The van der Waals surface area contributed by atoms with Crippen molar-refractivity contribution in [3.8, 4) is 5.75 Å². The first-order valence-electron chi connectivity index (χ1n) is 8.97. The van der Waals surface area contributed by atoms with Crippen LogP contribution in [0.5, 0.6) is 5.75 Å². The number of allylic oxidation sites excluding steroid dienone is 1. The standard InChI is InChI=1S/C24H16ClNO2/c1-28-19-11-12-20-17(13-19)14-21-22(16-7-9-18(25)10-8-16)23(24(27)26(20)21)15-5-3-2-4-6-15/h2-14H,1H3. The Kier molecular flexibility index (Phi) is 3.85. The summed E-state index contributed by atoms with van der Waals surface area (Å²) in [5.41, 5.74) is 5.25. The minimum absolute atomic E-state index is 0.0219. The SMILES string of the molecule is COc1ccc2c(c1)cc1n2C(=O)C(c2ccccc2)=C1c1ccc(Cl)cc1. The minimum atomic E-state index is -0.0219. The molecule has 4 aromatic rings. The zero-order valence-corrected chi connectivity index (χ0v) is 15.9. The second kappa shape index (κ2) is 6.39. The molecule has 0 saturated heterocycles. The van der Waals surface area contributed by atoms with Gasteiger partial charge in [-0.25, -0.2) is 0 Å². The molecule has 5 rings (SSSR count). The molecule has 0 amide bonds. The van der Waals surface area contributed by atoms with Crippen LogP contribution in [0.3, 0.4) is 0 Å². The topological polar surface area (TPSA) is 31.2 Å². The lowest BCUT2D eigenvalue weighted by atomic mass is 9.94. The Morgan fingerprint density at radius 2 is 1.54 bits per heavy atom. The molecular weight excluding hydrogens is 370 g/mol. The smallest absolute Gasteiger partial charge is 0.264 e. The molecule has 0 radical (unpaired) electrons. The number of rotatable bonds is 3. The van der Waals surface area contributed by atoms with Crippen LogP contribution in [0.25, 0.3) is 22.0 Å². The Morgan fingerprint density at radius 3 is 2.25 bits per heavy atom. The van der Waals surface area contributed by atoms with E-state index in [1.54, 1.807) is 11.7 Å². The van der Waals surface area contributed by atoms with Crippen molar-refractivity contribution in [3.05, 3.63) is 101 Å². The number of carbonyl (C=O) groups excluding carboxylic acids is 1. The van der Waals surface area contributed by atoms with Gasteiger partial charge < -0.3 is 4.74 Å². The lowest BCUT2D eigenvalue weighted by Gasteiger charge is -2.07. The first-order valence-corrected chi connectivity index (χ1v) is 9.35. The van der Waals surface area contributed by atoms with E-state index in [1.165, 1.54) is 0 Å². The number of nitrogens with zero attached hydrogens (tertiary/aromatic N) is 1. The third-order valence-electron chi connectivity index (χ3n) is 5.13. The van der Waals surface area contributed by atoms with E-state index in [2.05, 4.69) is 6.07 Å². The summed E-state index contributed by atoms with van der Waals surface area (Å²) in [7, 11) is 1.64. The lowest BCUT2D eigenvalue weighted by Crippen LogP contribution is -2.07. The summed E-state index contributed by atoms with van der Waals surface area (Å²) in [6, 6.07) is 25.2. The van der Waals surface area contributed by atoms with Crippen molar-refractivity contribution in [1.82, 2.24) is 4.57 Å². The van der Waals surface area contributed by atoms with Crippen LogP contribution in [0.15, 0.2) is 78.9 Å². The fourth-order valence-electron chi connectivity index (χ4n) is 3.85. The van der Waals surface area contributed by atoms with E-state index in [-0.39, 0.29) is 5.91 Å². The van der Waals surface area contributed by atoms with Crippen LogP contribution < -0.4 is 4.74 Å². The molecule has 0 N–H and O–H groups in total. The van der Waals surface area contributed by atoms with Gasteiger partial charge in [-0.15, -0.1) is 0 Å². The minimum Gasteiger partial charge on any atom is -0.497 e. The molecule has 1 aliphatic rings. The van der Waals surface area contributed by atoms with Gasteiger partial charge in [-0.1, -0.05) is 54.1 Å². The van der Waals surface area contributed by atoms with Crippen LogP contribution >= 0.6 is 11.6 Å². The monoisotopic (exact) mass is 385 g/mol. The molecule has 1 aliphatic heterocycles. The molecule has 1 aromatic heterocycles. The highest BCUT2D eigenvalue weighted by Crippen LogP contribution is 2.42. The number of halogens is 1. The summed E-state index contributed by atoms with van der Waals surface area (Å²) in [6.07, 6.45) is 0. The quantitative estimate of drug-likeness (QED) is 0.438.